The Morgan fingerprint density at radius 3 is 2.37 bits per heavy atom. The molecule has 3 heteroatoms. The van der Waals surface area contributed by atoms with Crippen molar-refractivity contribution in [3.8, 4) is 0 Å². The molecule has 1 aliphatic rings. The summed E-state index contributed by atoms with van der Waals surface area (Å²) in [7, 11) is -1.65. The van der Waals surface area contributed by atoms with Crippen LogP contribution < -0.4 is 4.89 Å². The summed E-state index contributed by atoms with van der Waals surface area (Å²) < 4.78 is 0. The first kappa shape index (κ1) is 20.8. The maximum Gasteiger partial charge on any atom is 0.171 e. The topological polar surface area (TPSA) is 36.0 Å². The minimum Gasteiger partial charge on any atom is -0.625 e. The predicted octanol–water partition coefficient (Wildman–Crippen LogP) is 7.75. The van der Waals surface area contributed by atoms with Crippen molar-refractivity contribution < 1.29 is 4.89 Å². The molecule has 0 bridgehead atoms. The molecule has 168 valence electrons. The van der Waals surface area contributed by atoms with E-state index in [4.69, 9.17) is 4.98 Å². The van der Waals surface area contributed by atoms with Gasteiger partial charge in [0.25, 0.3) is 0 Å². The third-order valence-corrected chi connectivity index (χ3v) is 9.40. The first-order chi connectivity index (χ1) is 17.0. The summed E-state index contributed by atoms with van der Waals surface area (Å²) in [5.41, 5.74) is 8.16. The van der Waals surface area contributed by atoms with Gasteiger partial charge >= 0.3 is 0 Å². The van der Waals surface area contributed by atoms with Crippen LogP contribution in [0.5, 0.6) is 0 Å². The second-order valence-corrected chi connectivity index (χ2v) is 11.6. The average Bonchev–Trinajstić information content (AvgIpc) is 2.89. The van der Waals surface area contributed by atoms with Gasteiger partial charge in [-0.2, -0.15) is 0 Å². The summed E-state index contributed by atoms with van der Waals surface area (Å²) in [4.78, 5) is 18.3. The number of aromatic nitrogens is 1. The van der Waals surface area contributed by atoms with Crippen LogP contribution in [0.1, 0.15) is 47.6 Å². The van der Waals surface area contributed by atoms with Crippen LogP contribution in [0.4, 0.5) is 0 Å². The molecule has 0 saturated heterocycles. The largest absolute Gasteiger partial charge is 0.625 e. The van der Waals surface area contributed by atoms with Gasteiger partial charge in [0, 0.05) is 11.3 Å². The monoisotopic (exact) mass is 469 g/mol. The van der Waals surface area contributed by atoms with Crippen molar-refractivity contribution in [1.29, 1.82) is 0 Å². The van der Waals surface area contributed by atoms with E-state index >= 15 is 0 Å². The zero-order chi connectivity index (χ0) is 23.7. The van der Waals surface area contributed by atoms with E-state index in [1.54, 1.807) is 0 Å². The molecule has 1 heterocycles. The highest BCUT2D eigenvalue weighted by molar-refractivity contribution is 7.53. The van der Waals surface area contributed by atoms with Crippen molar-refractivity contribution in [2.75, 3.05) is 0 Å². The van der Waals surface area contributed by atoms with Crippen molar-refractivity contribution >= 4 is 39.8 Å². The molecule has 7 rings (SSSR count). The summed E-state index contributed by atoms with van der Waals surface area (Å²) in [5.74, 6) is 0.0795. The van der Waals surface area contributed by atoms with Gasteiger partial charge in [-0.05, 0) is 62.9 Å². The normalized spacial score (nSPS) is 16.9. The summed E-state index contributed by atoms with van der Waals surface area (Å²) in [6, 6.07) is 36.3. The molecule has 2 nitrogen and oxygen atoms in total. The third-order valence-electron chi connectivity index (χ3n) is 7.77. The Balaban J connectivity index is 1.57. The van der Waals surface area contributed by atoms with E-state index in [9.17, 15) is 4.89 Å². The average molecular weight is 470 g/mol. The van der Waals surface area contributed by atoms with E-state index in [-0.39, 0.29) is 11.3 Å². The Morgan fingerprint density at radius 1 is 0.714 bits per heavy atom. The molecule has 6 aromatic rings. The zero-order valence-corrected chi connectivity index (χ0v) is 20.6. The Bertz CT molecular complexity index is 1800. The van der Waals surface area contributed by atoms with Gasteiger partial charge < -0.3 is 4.89 Å². The highest BCUT2D eigenvalue weighted by atomic mass is 31.1. The molecule has 2 unspecified atom stereocenters. The minimum atomic E-state index is -1.65. The molecular weight excluding hydrogens is 445 g/mol. The number of fused-ring (bicyclic) bond motifs is 6. The van der Waals surface area contributed by atoms with Gasteiger partial charge in [0.05, 0.1) is 0 Å². The van der Waals surface area contributed by atoms with Gasteiger partial charge in [-0.3, -0.25) is 0 Å². The van der Waals surface area contributed by atoms with Gasteiger partial charge in [0.1, 0.15) is 18.8 Å². The molecule has 35 heavy (non-hydrogen) atoms. The molecule has 0 saturated carbocycles. The van der Waals surface area contributed by atoms with Gasteiger partial charge in [-0.1, -0.05) is 92.7 Å². The Kier molecular flexibility index (Phi) is 4.42. The minimum absolute atomic E-state index is 0.0795. The number of nitrogens with zero attached hydrogens (tertiary/aromatic N) is 1. The van der Waals surface area contributed by atoms with Crippen molar-refractivity contribution in [3.63, 3.8) is 0 Å². The summed E-state index contributed by atoms with van der Waals surface area (Å²) in [6.07, 6.45) is 0. The Morgan fingerprint density at radius 2 is 1.46 bits per heavy atom. The van der Waals surface area contributed by atoms with Crippen molar-refractivity contribution in [1.82, 2.24) is 4.98 Å². The van der Waals surface area contributed by atoms with E-state index in [0.29, 0.717) is 0 Å². The predicted molar refractivity (Wildman–Crippen MR) is 145 cm³/mol. The molecule has 0 radical (unpaired) electrons. The summed E-state index contributed by atoms with van der Waals surface area (Å²) in [6.45, 7) is 4.67. The van der Waals surface area contributed by atoms with E-state index in [1.165, 1.54) is 38.6 Å². The number of benzene rings is 5. The number of rotatable bonds is 1. The van der Waals surface area contributed by atoms with Crippen LogP contribution in [-0.2, 0) is 5.41 Å². The molecule has 1 aliphatic carbocycles. The highest BCUT2D eigenvalue weighted by Gasteiger charge is 2.39. The molecule has 5 aromatic carbocycles. The van der Waals surface area contributed by atoms with Crippen LogP contribution in [0.2, 0.25) is 0 Å². The number of hydrogen-bond acceptors (Lipinski definition) is 2. The first-order valence-corrected chi connectivity index (χ1v) is 13.3. The zero-order valence-electron chi connectivity index (χ0n) is 19.7. The molecule has 0 aliphatic heterocycles. The maximum absolute atomic E-state index is 13.3. The lowest BCUT2D eigenvalue weighted by Gasteiger charge is -2.40. The van der Waals surface area contributed by atoms with Gasteiger partial charge in [0.2, 0.25) is 0 Å². The molecule has 0 N–H and O–H groups in total. The van der Waals surface area contributed by atoms with Crippen molar-refractivity contribution in [2.24, 2.45) is 0 Å². The van der Waals surface area contributed by atoms with Gasteiger partial charge in [0.15, 0.2) is 10.2 Å². The lowest BCUT2D eigenvalue weighted by Crippen LogP contribution is -2.30. The number of hydrogen-bond donors (Lipinski definition) is 0. The third kappa shape index (κ3) is 2.94. The molecule has 1 aromatic heterocycles. The van der Waals surface area contributed by atoms with Crippen LogP contribution >= 0.6 is 7.76 Å². The van der Waals surface area contributed by atoms with Crippen LogP contribution in [0.3, 0.4) is 0 Å². The Hall–Kier alpha value is -3.58. The molecule has 0 fully saturated rings. The fourth-order valence-electron chi connectivity index (χ4n) is 6.09. The number of para-hydroxylation sites is 1. The summed E-state index contributed by atoms with van der Waals surface area (Å²) in [5, 5.41) is 4.20. The van der Waals surface area contributed by atoms with Crippen LogP contribution in [0.15, 0.2) is 103 Å². The lowest BCUT2D eigenvalue weighted by atomic mass is 9.63. The van der Waals surface area contributed by atoms with Crippen LogP contribution in [0, 0.1) is 0 Å². The SMILES string of the molecule is CC1(C)c2ccccc2C(c2ccc3c(c2)nc2ccccc2[p+]3[O-])c2c1ccc1ccccc21. The molecule has 2 atom stereocenters. The van der Waals surface area contributed by atoms with E-state index in [2.05, 4.69) is 86.6 Å². The lowest BCUT2D eigenvalue weighted by molar-refractivity contribution is -0.148. The first-order valence-electron chi connectivity index (χ1n) is 12.1. The molecule has 0 spiro atoms. The highest BCUT2D eigenvalue weighted by Crippen LogP contribution is 2.51. The molecule has 0 amide bonds. The standard InChI is InChI=1S/C32H24NOP/c1-32(2)24-12-6-5-11-23(24)30(31-22-10-4-3-9-20(22)15-17-25(31)32)21-16-18-29-27(19-21)33-26-13-7-8-14-28(26)35(29)34/h3-19,30H,1-2H3. The van der Waals surface area contributed by atoms with Crippen LogP contribution in [-0.4, -0.2) is 4.98 Å². The fraction of sp³-hybridized carbons (Fsp3) is 0.125. The van der Waals surface area contributed by atoms with Crippen LogP contribution in [0.25, 0.3) is 32.0 Å². The second kappa shape index (κ2) is 7.46. The van der Waals surface area contributed by atoms with E-state index < -0.39 is 7.76 Å². The van der Waals surface area contributed by atoms with E-state index in [1.807, 2.05) is 30.3 Å². The smallest absolute Gasteiger partial charge is 0.171 e. The quantitative estimate of drug-likeness (QED) is 0.231. The van der Waals surface area contributed by atoms with Gasteiger partial charge in [-0.25, -0.2) is 4.98 Å². The fourth-order valence-corrected chi connectivity index (χ4v) is 7.43. The van der Waals surface area contributed by atoms with Crippen molar-refractivity contribution in [3.05, 3.63) is 131 Å². The molecular formula is C32H24NOP. The van der Waals surface area contributed by atoms with Gasteiger partial charge in [-0.15, -0.1) is 0 Å². The second-order valence-electron chi connectivity index (χ2n) is 10.0. The maximum atomic E-state index is 13.3. The summed E-state index contributed by atoms with van der Waals surface area (Å²) >= 11 is 0. The van der Waals surface area contributed by atoms with Crippen molar-refractivity contribution in [2.45, 2.75) is 25.2 Å². The Labute approximate surface area is 205 Å². The van der Waals surface area contributed by atoms with E-state index in [0.717, 1.165) is 21.3 Å².